The van der Waals surface area contributed by atoms with Crippen LogP contribution in [0.15, 0.2) is 6.20 Å². The van der Waals surface area contributed by atoms with Gasteiger partial charge in [0, 0.05) is 17.7 Å². The van der Waals surface area contributed by atoms with Crippen LogP contribution in [0.2, 0.25) is 0 Å². The van der Waals surface area contributed by atoms with Gasteiger partial charge in [-0.05, 0) is 0 Å². The minimum Gasteiger partial charge on any atom is -0.506 e. The van der Waals surface area contributed by atoms with E-state index < -0.39 is 12.0 Å². The predicted molar refractivity (Wildman–Crippen MR) is 48.1 cm³/mol. The first-order valence-corrected chi connectivity index (χ1v) is 4.16. The van der Waals surface area contributed by atoms with Crippen LogP contribution in [0.25, 0.3) is 0 Å². The van der Waals surface area contributed by atoms with Gasteiger partial charge in [-0.15, -0.1) is 0 Å². The van der Waals surface area contributed by atoms with Crippen LogP contribution in [-0.4, -0.2) is 10.1 Å². The second-order valence-electron chi connectivity index (χ2n) is 2.82. The maximum Gasteiger partial charge on any atom is 0.266 e. The Morgan fingerprint density at radius 3 is 2.73 bits per heavy atom. The molecule has 3 N–H and O–H groups in total. The number of hydrogen-bond acceptors (Lipinski definition) is 4. The molecule has 0 atom stereocenters. The van der Waals surface area contributed by atoms with E-state index in [1.807, 2.05) is 0 Å². The summed E-state index contributed by atoms with van der Waals surface area (Å²) in [7, 11) is 0. The summed E-state index contributed by atoms with van der Waals surface area (Å²) < 4.78 is 25.3. The van der Waals surface area contributed by atoms with Gasteiger partial charge >= 0.3 is 0 Å². The van der Waals surface area contributed by atoms with E-state index in [2.05, 4.69) is 4.98 Å². The van der Waals surface area contributed by atoms with E-state index in [0.29, 0.717) is 0 Å². The van der Waals surface area contributed by atoms with Crippen molar-refractivity contribution in [2.45, 2.75) is 19.4 Å². The highest BCUT2D eigenvalue weighted by Crippen LogP contribution is 2.30. The lowest BCUT2D eigenvalue weighted by Crippen LogP contribution is -2.07. The molecular weight excluding hydrogens is 204 g/mol. The van der Waals surface area contributed by atoms with Crippen molar-refractivity contribution in [2.75, 3.05) is 0 Å². The van der Waals surface area contributed by atoms with E-state index in [4.69, 9.17) is 11.0 Å². The standard InChI is InChI=1S/C9H9F2N3O/c10-9(11)8-5(3-13)7(15)4-14-6(8)1-2-12/h4,9,15H,1,3,13H2. The van der Waals surface area contributed by atoms with Gasteiger partial charge in [-0.3, -0.25) is 4.98 Å². The van der Waals surface area contributed by atoms with Crippen LogP contribution in [0.5, 0.6) is 5.75 Å². The number of alkyl halides is 2. The molecule has 0 saturated heterocycles. The summed E-state index contributed by atoms with van der Waals surface area (Å²) in [5.41, 5.74) is 4.73. The van der Waals surface area contributed by atoms with E-state index in [-0.39, 0.29) is 30.0 Å². The fourth-order valence-electron chi connectivity index (χ4n) is 1.29. The van der Waals surface area contributed by atoms with Crippen molar-refractivity contribution in [3.8, 4) is 11.8 Å². The lowest BCUT2D eigenvalue weighted by atomic mass is 10.0. The first-order chi connectivity index (χ1) is 7.11. The molecule has 1 rings (SSSR count). The fourth-order valence-corrected chi connectivity index (χ4v) is 1.29. The van der Waals surface area contributed by atoms with Crippen molar-refractivity contribution in [2.24, 2.45) is 5.73 Å². The molecule has 0 radical (unpaired) electrons. The zero-order valence-corrected chi connectivity index (χ0v) is 7.74. The third-order valence-electron chi connectivity index (χ3n) is 1.96. The van der Waals surface area contributed by atoms with Crippen LogP contribution >= 0.6 is 0 Å². The van der Waals surface area contributed by atoms with Crippen molar-refractivity contribution in [3.63, 3.8) is 0 Å². The first-order valence-electron chi connectivity index (χ1n) is 4.16. The van der Waals surface area contributed by atoms with Crippen molar-refractivity contribution in [1.29, 1.82) is 5.26 Å². The number of nitrogens with two attached hydrogens (primary N) is 1. The Morgan fingerprint density at radius 2 is 2.27 bits per heavy atom. The largest absolute Gasteiger partial charge is 0.506 e. The fraction of sp³-hybridized carbons (Fsp3) is 0.333. The molecule has 0 aromatic carbocycles. The molecule has 1 aromatic rings. The lowest BCUT2D eigenvalue weighted by molar-refractivity contribution is 0.148. The van der Waals surface area contributed by atoms with Gasteiger partial charge in [-0.1, -0.05) is 0 Å². The van der Waals surface area contributed by atoms with Crippen LogP contribution < -0.4 is 5.73 Å². The third-order valence-corrected chi connectivity index (χ3v) is 1.96. The summed E-state index contributed by atoms with van der Waals surface area (Å²) in [6.45, 7) is -0.216. The Bertz CT molecular complexity index is 401. The summed E-state index contributed by atoms with van der Waals surface area (Å²) in [5.74, 6) is -0.366. The highest BCUT2D eigenvalue weighted by Gasteiger charge is 2.20. The van der Waals surface area contributed by atoms with Crippen molar-refractivity contribution < 1.29 is 13.9 Å². The summed E-state index contributed by atoms with van der Waals surface area (Å²) in [6, 6.07) is 1.73. The average molecular weight is 213 g/mol. The number of rotatable bonds is 3. The monoisotopic (exact) mass is 213 g/mol. The SMILES string of the molecule is N#CCc1ncc(O)c(CN)c1C(F)F. The molecule has 4 nitrogen and oxygen atoms in total. The maximum atomic E-state index is 12.7. The van der Waals surface area contributed by atoms with Gasteiger partial charge in [-0.2, -0.15) is 5.26 Å². The molecule has 0 spiro atoms. The molecule has 0 unspecified atom stereocenters. The van der Waals surface area contributed by atoms with Crippen LogP contribution in [0.3, 0.4) is 0 Å². The smallest absolute Gasteiger partial charge is 0.266 e. The van der Waals surface area contributed by atoms with E-state index in [1.54, 1.807) is 6.07 Å². The van der Waals surface area contributed by atoms with Gasteiger partial charge in [0.2, 0.25) is 0 Å². The number of hydrogen-bond donors (Lipinski definition) is 2. The maximum absolute atomic E-state index is 12.7. The third kappa shape index (κ3) is 2.19. The molecule has 0 saturated carbocycles. The molecule has 0 aliphatic carbocycles. The van der Waals surface area contributed by atoms with Crippen molar-refractivity contribution >= 4 is 0 Å². The molecule has 6 heteroatoms. The van der Waals surface area contributed by atoms with Gasteiger partial charge in [-0.25, -0.2) is 8.78 Å². The number of nitriles is 1. The van der Waals surface area contributed by atoms with E-state index >= 15 is 0 Å². The Kier molecular flexibility index (Phi) is 3.52. The van der Waals surface area contributed by atoms with Crippen LogP contribution in [-0.2, 0) is 13.0 Å². The summed E-state index contributed by atoms with van der Waals surface area (Å²) in [6.07, 6.45) is -2.00. The van der Waals surface area contributed by atoms with Gasteiger partial charge < -0.3 is 10.8 Å². The van der Waals surface area contributed by atoms with Crippen LogP contribution in [0.1, 0.15) is 23.2 Å². The Labute approximate surface area is 85.0 Å². The van der Waals surface area contributed by atoms with Gasteiger partial charge in [0.25, 0.3) is 6.43 Å². The molecule has 0 amide bonds. The highest BCUT2D eigenvalue weighted by atomic mass is 19.3. The molecule has 1 heterocycles. The van der Waals surface area contributed by atoms with Crippen LogP contribution in [0, 0.1) is 11.3 Å². The first kappa shape index (κ1) is 11.3. The highest BCUT2D eigenvalue weighted by molar-refractivity contribution is 5.41. The van der Waals surface area contributed by atoms with E-state index in [9.17, 15) is 13.9 Å². The number of nitrogens with zero attached hydrogens (tertiary/aromatic N) is 2. The van der Waals surface area contributed by atoms with Gasteiger partial charge in [0.05, 0.1) is 24.4 Å². The van der Waals surface area contributed by atoms with E-state index in [1.165, 1.54) is 0 Å². The Hall–Kier alpha value is -1.74. The number of halogens is 2. The second-order valence-corrected chi connectivity index (χ2v) is 2.82. The normalized spacial score (nSPS) is 10.3. The van der Waals surface area contributed by atoms with Crippen LogP contribution in [0.4, 0.5) is 8.78 Å². The minimum absolute atomic E-state index is 0.0363. The lowest BCUT2D eigenvalue weighted by Gasteiger charge is -2.11. The molecule has 1 aromatic heterocycles. The molecular formula is C9H9F2N3O. The summed E-state index contributed by atoms with van der Waals surface area (Å²) >= 11 is 0. The molecule has 80 valence electrons. The summed E-state index contributed by atoms with van der Waals surface area (Å²) in [5, 5.41) is 17.7. The zero-order chi connectivity index (χ0) is 11.4. The number of aromatic nitrogens is 1. The number of pyridine rings is 1. The second kappa shape index (κ2) is 4.66. The molecule has 0 bridgehead atoms. The molecule has 0 aliphatic rings. The molecule has 0 aliphatic heterocycles. The predicted octanol–water partition coefficient (Wildman–Crippen LogP) is 1.25. The minimum atomic E-state index is -2.80. The number of aromatic hydroxyl groups is 1. The van der Waals surface area contributed by atoms with Gasteiger partial charge in [0.15, 0.2) is 0 Å². The Morgan fingerprint density at radius 1 is 1.60 bits per heavy atom. The van der Waals surface area contributed by atoms with Gasteiger partial charge in [0.1, 0.15) is 5.75 Å². The van der Waals surface area contributed by atoms with Crippen molar-refractivity contribution in [1.82, 2.24) is 4.98 Å². The molecule has 0 fully saturated rings. The summed E-state index contributed by atoms with van der Waals surface area (Å²) in [4.78, 5) is 3.59. The van der Waals surface area contributed by atoms with E-state index in [0.717, 1.165) is 6.20 Å². The zero-order valence-electron chi connectivity index (χ0n) is 7.74. The quantitative estimate of drug-likeness (QED) is 0.791. The molecule has 15 heavy (non-hydrogen) atoms. The Balaban J connectivity index is 3.36. The topological polar surface area (TPSA) is 82.9 Å². The van der Waals surface area contributed by atoms with Crippen molar-refractivity contribution in [3.05, 3.63) is 23.0 Å². The average Bonchev–Trinajstić information content (AvgIpc) is 2.20.